The van der Waals surface area contributed by atoms with Gasteiger partial charge in [-0.1, -0.05) is 12.1 Å². The standard InChI is InChI=1S/C24H29FN6O6S/c1-14-6-5-7-18(16(14)13-31(38(33)34)9-8-21(26)32)29-23-17(25)12-27-24(30-23)28-15-10-19(35-2)22(37-4)20(11-15)36-3/h5-7,10-12H,8-9,13H2,1-4H3,(H2,26,32)(H,33,34)(H2,27,28,29,30)/p-1. The number of carbonyl (C=O) groups is 1. The minimum Gasteiger partial charge on any atom is -0.760 e. The van der Waals surface area contributed by atoms with Crippen LogP contribution in [0.4, 0.5) is 27.5 Å². The lowest BCUT2D eigenvalue weighted by Crippen LogP contribution is -2.30. The Hall–Kier alpha value is -4.01. The number of methoxy groups -OCH3 is 3. The number of anilines is 4. The fourth-order valence-corrected chi connectivity index (χ4v) is 4.05. The molecule has 1 amide bonds. The monoisotopic (exact) mass is 547 g/mol. The number of benzene rings is 2. The van der Waals surface area contributed by atoms with E-state index in [9.17, 15) is 17.9 Å². The molecule has 1 atom stereocenters. The molecule has 0 saturated heterocycles. The van der Waals surface area contributed by atoms with Crippen LogP contribution in [0.3, 0.4) is 0 Å². The summed E-state index contributed by atoms with van der Waals surface area (Å²) in [6.07, 6.45) is 0.857. The van der Waals surface area contributed by atoms with Crippen molar-refractivity contribution >= 4 is 40.3 Å². The van der Waals surface area contributed by atoms with E-state index in [4.69, 9.17) is 19.9 Å². The second-order valence-electron chi connectivity index (χ2n) is 7.95. The first kappa shape index (κ1) is 28.6. The summed E-state index contributed by atoms with van der Waals surface area (Å²) in [5.41, 5.74) is 7.40. The highest BCUT2D eigenvalue weighted by Crippen LogP contribution is 2.40. The molecule has 0 spiro atoms. The molecule has 204 valence electrons. The van der Waals surface area contributed by atoms with Crippen molar-refractivity contribution in [1.29, 1.82) is 0 Å². The third-order valence-corrected chi connectivity index (χ3v) is 6.21. The van der Waals surface area contributed by atoms with Crippen LogP contribution in [0.25, 0.3) is 0 Å². The van der Waals surface area contributed by atoms with Crippen LogP contribution in [0.2, 0.25) is 0 Å². The van der Waals surface area contributed by atoms with Gasteiger partial charge in [-0.2, -0.15) is 4.98 Å². The van der Waals surface area contributed by atoms with E-state index in [2.05, 4.69) is 20.6 Å². The van der Waals surface area contributed by atoms with Gasteiger partial charge in [0, 0.05) is 54.3 Å². The average Bonchev–Trinajstić information content (AvgIpc) is 2.88. The SMILES string of the molecule is COc1cc(Nc2ncc(F)c(Nc3cccc(C)c3CN(CCC(N)=O)S(=O)[O-])n2)cc(OC)c1OC. The summed E-state index contributed by atoms with van der Waals surface area (Å²) in [4.78, 5) is 19.4. The first-order valence-electron chi connectivity index (χ1n) is 11.2. The molecule has 1 heterocycles. The lowest BCUT2D eigenvalue weighted by atomic mass is 10.1. The van der Waals surface area contributed by atoms with E-state index >= 15 is 0 Å². The molecule has 2 aromatic carbocycles. The average molecular weight is 548 g/mol. The molecule has 0 radical (unpaired) electrons. The summed E-state index contributed by atoms with van der Waals surface area (Å²) in [5, 5.41) is 5.91. The van der Waals surface area contributed by atoms with Crippen LogP contribution < -0.4 is 30.6 Å². The second-order valence-corrected chi connectivity index (χ2v) is 8.90. The van der Waals surface area contributed by atoms with Gasteiger partial charge in [-0.25, -0.2) is 13.7 Å². The molecule has 0 fully saturated rings. The number of hydrogen-bond donors (Lipinski definition) is 3. The van der Waals surface area contributed by atoms with E-state index in [1.165, 1.54) is 21.3 Å². The van der Waals surface area contributed by atoms with Crippen molar-refractivity contribution < 1.29 is 32.2 Å². The van der Waals surface area contributed by atoms with Crippen LogP contribution in [-0.4, -0.2) is 56.8 Å². The number of nitrogens with zero attached hydrogens (tertiary/aromatic N) is 3. The Morgan fingerprint density at radius 1 is 1.16 bits per heavy atom. The number of ether oxygens (including phenoxy) is 3. The molecule has 14 heteroatoms. The lowest BCUT2D eigenvalue weighted by Gasteiger charge is -2.26. The minimum atomic E-state index is -2.61. The zero-order valence-electron chi connectivity index (χ0n) is 21.2. The molecule has 3 aromatic rings. The van der Waals surface area contributed by atoms with E-state index in [-0.39, 0.29) is 31.3 Å². The summed E-state index contributed by atoms with van der Waals surface area (Å²) in [7, 11) is 4.45. The van der Waals surface area contributed by atoms with Gasteiger partial charge in [0.15, 0.2) is 23.1 Å². The maximum atomic E-state index is 14.7. The van der Waals surface area contributed by atoms with Crippen LogP contribution in [-0.2, 0) is 22.6 Å². The number of primary amides is 1. The van der Waals surface area contributed by atoms with Crippen molar-refractivity contribution in [2.45, 2.75) is 19.9 Å². The number of aryl methyl sites for hydroxylation is 1. The second kappa shape index (κ2) is 13.0. The maximum Gasteiger partial charge on any atom is 0.229 e. The molecular weight excluding hydrogens is 519 g/mol. The van der Waals surface area contributed by atoms with Crippen molar-refractivity contribution in [2.75, 3.05) is 38.5 Å². The molecule has 1 unspecified atom stereocenters. The molecule has 0 bridgehead atoms. The molecular formula is C24H28FN6O6S-. The number of nitrogens with two attached hydrogens (primary N) is 1. The lowest BCUT2D eigenvalue weighted by molar-refractivity contribution is -0.118. The van der Waals surface area contributed by atoms with E-state index in [1.807, 2.05) is 0 Å². The number of halogens is 1. The maximum absolute atomic E-state index is 14.7. The van der Waals surface area contributed by atoms with Crippen molar-refractivity contribution in [3.63, 3.8) is 0 Å². The van der Waals surface area contributed by atoms with Gasteiger partial charge in [-0.05, 0) is 24.1 Å². The van der Waals surface area contributed by atoms with Gasteiger partial charge >= 0.3 is 0 Å². The van der Waals surface area contributed by atoms with E-state index in [0.29, 0.717) is 34.2 Å². The van der Waals surface area contributed by atoms with Gasteiger partial charge in [-0.15, -0.1) is 0 Å². The van der Waals surface area contributed by atoms with E-state index in [0.717, 1.165) is 16.1 Å². The predicted octanol–water partition coefficient (Wildman–Crippen LogP) is 2.91. The third kappa shape index (κ3) is 7.06. The fourth-order valence-electron chi connectivity index (χ4n) is 3.57. The van der Waals surface area contributed by atoms with Crippen LogP contribution in [0, 0.1) is 12.7 Å². The zero-order chi connectivity index (χ0) is 27.8. The number of aromatic nitrogens is 2. The Bertz CT molecular complexity index is 1300. The van der Waals surface area contributed by atoms with E-state index in [1.54, 1.807) is 37.3 Å². The Morgan fingerprint density at radius 3 is 2.42 bits per heavy atom. The molecule has 3 rings (SSSR count). The summed E-state index contributed by atoms with van der Waals surface area (Å²) in [6.45, 7) is 1.62. The van der Waals surface area contributed by atoms with Gasteiger partial charge in [0.2, 0.25) is 17.6 Å². The molecule has 0 aliphatic rings. The molecule has 4 N–H and O–H groups in total. The first-order valence-corrected chi connectivity index (χ1v) is 12.3. The Labute approximate surface area is 221 Å². The Balaban J connectivity index is 1.90. The molecule has 38 heavy (non-hydrogen) atoms. The number of rotatable bonds is 13. The van der Waals surface area contributed by atoms with Gasteiger partial charge < -0.3 is 35.1 Å². The number of carbonyl (C=O) groups excluding carboxylic acids is 1. The third-order valence-electron chi connectivity index (χ3n) is 5.48. The summed E-state index contributed by atoms with van der Waals surface area (Å²) < 4.78 is 55.3. The van der Waals surface area contributed by atoms with Crippen LogP contribution in [0.5, 0.6) is 17.2 Å². The minimum absolute atomic E-state index is 0.0678. The van der Waals surface area contributed by atoms with Crippen molar-refractivity contribution in [2.24, 2.45) is 5.73 Å². The summed E-state index contributed by atoms with van der Waals surface area (Å²) in [5.74, 6) is -0.231. The largest absolute Gasteiger partial charge is 0.760 e. The molecule has 1 aromatic heterocycles. The number of nitrogens with one attached hydrogen (secondary N) is 2. The Kier molecular flexibility index (Phi) is 9.76. The molecule has 0 saturated carbocycles. The topological polar surface area (TPSA) is 164 Å². The normalized spacial score (nSPS) is 11.7. The summed E-state index contributed by atoms with van der Waals surface area (Å²) in [6, 6.07) is 8.47. The van der Waals surface area contributed by atoms with Crippen LogP contribution in [0.1, 0.15) is 17.5 Å². The fraction of sp³-hybridized carbons (Fsp3) is 0.292. The van der Waals surface area contributed by atoms with Crippen molar-refractivity contribution in [1.82, 2.24) is 14.3 Å². The molecule has 12 nitrogen and oxygen atoms in total. The van der Waals surface area contributed by atoms with Crippen LogP contribution >= 0.6 is 0 Å². The van der Waals surface area contributed by atoms with Crippen LogP contribution in [0.15, 0.2) is 36.5 Å². The number of hydrogen-bond acceptors (Lipinski definition) is 10. The van der Waals surface area contributed by atoms with Gasteiger partial charge in [0.05, 0.1) is 27.5 Å². The highest BCUT2D eigenvalue weighted by atomic mass is 32.2. The van der Waals surface area contributed by atoms with Crippen molar-refractivity contribution in [3.8, 4) is 17.2 Å². The molecule has 0 aliphatic heterocycles. The van der Waals surface area contributed by atoms with Crippen molar-refractivity contribution in [3.05, 3.63) is 53.5 Å². The highest BCUT2D eigenvalue weighted by molar-refractivity contribution is 7.76. The quantitative estimate of drug-likeness (QED) is 0.271. The smallest absolute Gasteiger partial charge is 0.229 e. The zero-order valence-corrected chi connectivity index (χ0v) is 22.1. The van der Waals surface area contributed by atoms with Gasteiger partial charge in [0.25, 0.3) is 0 Å². The first-order chi connectivity index (χ1) is 18.2. The van der Waals surface area contributed by atoms with E-state index < -0.39 is 23.0 Å². The number of amides is 1. The summed E-state index contributed by atoms with van der Waals surface area (Å²) >= 11 is -2.61. The highest BCUT2D eigenvalue weighted by Gasteiger charge is 2.17. The van der Waals surface area contributed by atoms with Gasteiger partial charge in [0.1, 0.15) is 0 Å². The van der Waals surface area contributed by atoms with Gasteiger partial charge in [-0.3, -0.25) is 9.00 Å². The molecule has 0 aliphatic carbocycles. The Morgan fingerprint density at radius 2 is 1.84 bits per heavy atom. The predicted molar refractivity (Wildman–Crippen MR) is 139 cm³/mol.